The average Bonchev–Trinajstić information content (AvgIpc) is 2.66. The normalized spacial score (nSPS) is 28.8. The Morgan fingerprint density at radius 3 is 2.60 bits per heavy atom. The van der Waals surface area contributed by atoms with Gasteiger partial charge in [-0.3, -0.25) is 4.79 Å². The number of amides is 1. The predicted molar refractivity (Wildman–Crippen MR) is 76.0 cm³/mol. The molecule has 5 heteroatoms. The van der Waals surface area contributed by atoms with Gasteiger partial charge in [-0.05, 0) is 37.8 Å². The molecule has 2 aliphatic heterocycles. The second kappa shape index (κ2) is 5.34. The van der Waals surface area contributed by atoms with E-state index < -0.39 is 5.82 Å². The van der Waals surface area contributed by atoms with E-state index in [1.807, 2.05) is 4.90 Å². The highest BCUT2D eigenvalue weighted by Gasteiger charge is 2.42. The fourth-order valence-electron chi connectivity index (χ4n) is 3.57. The summed E-state index contributed by atoms with van der Waals surface area (Å²) >= 11 is 5.99. The lowest BCUT2D eigenvalue weighted by Crippen LogP contribution is -2.50. The molecule has 20 heavy (non-hydrogen) atoms. The van der Waals surface area contributed by atoms with Gasteiger partial charge in [0.1, 0.15) is 5.82 Å². The van der Waals surface area contributed by atoms with E-state index in [0.29, 0.717) is 10.6 Å². The summed E-state index contributed by atoms with van der Waals surface area (Å²) in [5.41, 5.74) is 6.30. The van der Waals surface area contributed by atoms with Crippen LogP contribution in [0.25, 0.3) is 0 Å². The highest BCUT2D eigenvalue weighted by atomic mass is 35.5. The molecular weight excluding hydrogens is 279 g/mol. The van der Waals surface area contributed by atoms with Crippen LogP contribution in [0.5, 0.6) is 0 Å². The molecule has 1 aromatic carbocycles. The standard InChI is InChI=1S/C15H18ClFN2O/c16-13-2-1-3-14(17)12(13)8-15(20)19-10-4-5-11(19)7-9(18)6-10/h1-3,9-11H,4-8,18H2. The van der Waals surface area contributed by atoms with Crippen LogP contribution in [-0.2, 0) is 11.2 Å². The molecule has 2 aliphatic rings. The smallest absolute Gasteiger partial charge is 0.227 e. The van der Waals surface area contributed by atoms with E-state index in [-0.39, 0.29) is 30.5 Å². The molecule has 0 saturated carbocycles. The number of rotatable bonds is 2. The van der Waals surface area contributed by atoms with E-state index in [1.54, 1.807) is 12.1 Å². The Labute approximate surface area is 122 Å². The lowest BCUT2D eigenvalue weighted by atomic mass is 9.97. The number of hydrogen-bond acceptors (Lipinski definition) is 2. The average molecular weight is 297 g/mol. The molecule has 2 fully saturated rings. The minimum Gasteiger partial charge on any atom is -0.336 e. The van der Waals surface area contributed by atoms with Gasteiger partial charge in [0.25, 0.3) is 0 Å². The van der Waals surface area contributed by atoms with Crippen molar-refractivity contribution >= 4 is 17.5 Å². The number of hydrogen-bond donors (Lipinski definition) is 1. The van der Waals surface area contributed by atoms with Crippen molar-refractivity contribution in [3.8, 4) is 0 Å². The zero-order valence-electron chi connectivity index (χ0n) is 11.2. The Morgan fingerprint density at radius 2 is 2.00 bits per heavy atom. The van der Waals surface area contributed by atoms with Crippen LogP contribution in [0.15, 0.2) is 18.2 Å². The molecule has 2 atom stereocenters. The number of carbonyl (C=O) groups excluding carboxylic acids is 1. The third kappa shape index (κ3) is 2.42. The van der Waals surface area contributed by atoms with Gasteiger partial charge in [-0.25, -0.2) is 4.39 Å². The molecule has 2 N–H and O–H groups in total. The molecule has 2 heterocycles. The van der Waals surface area contributed by atoms with Gasteiger partial charge in [-0.15, -0.1) is 0 Å². The quantitative estimate of drug-likeness (QED) is 0.911. The Bertz CT molecular complexity index is 502. The van der Waals surface area contributed by atoms with Gasteiger partial charge in [-0.2, -0.15) is 0 Å². The highest BCUT2D eigenvalue weighted by Crippen LogP contribution is 2.35. The van der Waals surface area contributed by atoms with Crippen molar-refractivity contribution in [1.82, 2.24) is 4.90 Å². The molecule has 108 valence electrons. The summed E-state index contributed by atoms with van der Waals surface area (Å²) in [6.07, 6.45) is 3.76. The van der Waals surface area contributed by atoms with E-state index in [4.69, 9.17) is 17.3 Å². The summed E-state index contributed by atoms with van der Waals surface area (Å²) in [6, 6.07) is 5.15. The number of benzene rings is 1. The minimum atomic E-state index is -0.410. The lowest BCUT2D eigenvalue weighted by molar-refractivity contribution is -0.135. The molecule has 1 amide bonds. The highest BCUT2D eigenvalue weighted by molar-refractivity contribution is 6.31. The van der Waals surface area contributed by atoms with Crippen LogP contribution in [-0.4, -0.2) is 28.9 Å². The molecule has 3 nitrogen and oxygen atoms in total. The first kappa shape index (κ1) is 13.8. The first-order valence-corrected chi connectivity index (χ1v) is 7.43. The molecule has 2 saturated heterocycles. The number of nitrogens with two attached hydrogens (primary N) is 1. The zero-order valence-corrected chi connectivity index (χ0v) is 11.9. The number of fused-ring (bicyclic) bond motifs is 2. The summed E-state index contributed by atoms with van der Waals surface area (Å²) in [5.74, 6) is -0.441. The second-order valence-corrected chi connectivity index (χ2v) is 6.20. The van der Waals surface area contributed by atoms with Gasteiger partial charge >= 0.3 is 0 Å². The van der Waals surface area contributed by atoms with E-state index in [9.17, 15) is 9.18 Å². The molecule has 3 rings (SSSR count). The fourth-order valence-corrected chi connectivity index (χ4v) is 3.80. The minimum absolute atomic E-state index is 0.0311. The van der Waals surface area contributed by atoms with Crippen molar-refractivity contribution < 1.29 is 9.18 Å². The maximum atomic E-state index is 13.8. The van der Waals surface area contributed by atoms with Crippen molar-refractivity contribution in [3.05, 3.63) is 34.6 Å². The van der Waals surface area contributed by atoms with Gasteiger partial charge in [-0.1, -0.05) is 17.7 Å². The Hall–Kier alpha value is -1.13. The summed E-state index contributed by atoms with van der Waals surface area (Å²) in [6.45, 7) is 0. The summed E-state index contributed by atoms with van der Waals surface area (Å²) in [4.78, 5) is 14.4. The van der Waals surface area contributed by atoms with Crippen LogP contribution >= 0.6 is 11.6 Å². The van der Waals surface area contributed by atoms with Crippen LogP contribution in [0.4, 0.5) is 4.39 Å². The van der Waals surface area contributed by atoms with Crippen molar-refractivity contribution in [3.63, 3.8) is 0 Å². The van der Waals surface area contributed by atoms with Crippen LogP contribution in [0, 0.1) is 5.82 Å². The SMILES string of the molecule is NC1CC2CCC(C1)N2C(=O)Cc1c(F)cccc1Cl. The number of halogens is 2. The lowest BCUT2D eigenvalue weighted by Gasteiger charge is -2.38. The van der Waals surface area contributed by atoms with E-state index >= 15 is 0 Å². The molecule has 2 unspecified atom stereocenters. The van der Waals surface area contributed by atoms with Crippen LogP contribution in [0.1, 0.15) is 31.2 Å². The third-order valence-electron chi connectivity index (χ3n) is 4.45. The van der Waals surface area contributed by atoms with Gasteiger partial charge in [0.05, 0.1) is 6.42 Å². The third-order valence-corrected chi connectivity index (χ3v) is 4.80. The molecule has 1 aromatic rings. The Morgan fingerprint density at radius 1 is 1.35 bits per heavy atom. The van der Waals surface area contributed by atoms with Crippen LogP contribution in [0.2, 0.25) is 5.02 Å². The topological polar surface area (TPSA) is 46.3 Å². The van der Waals surface area contributed by atoms with Crippen LogP contribution < -0.4 is 5.73 Å². The molecular formula is C15H18ClFN2O. The Balaban J connectivity index is 1.77. The van der Waals surface area contributed by atoms with E-state index in [2.05, 4.69) is 0 Å². The van der Waals surface area contributed by atoms with Crippen LogP contribution in [0.3, 0.4) is 0 Å². The number of carbonyl (C=O) groups is 1. The number of nitrogens with zero attached hydrogens (tertiary/aromatic N) is 1. The summed E-state index contributed by atoms with van der Waals surface area (Å²) in [7, 11) is 0. The largest absolute Gasteiger partial charge is 0.336 e. The van der Waals surface area contributed by atoms with Gasteiger partial charge in [0.15, 0.2) is 0 Å². The zero-order chi connectivity index (χ0) is 14.3. The maximum absolute atomic E-state index is 13.8. The number of piperidine rings is 1. The van der Waals surface area contributed by atoms with Gasteiger partial charge in [0, 0.05) is 28.7 Å². The van der Waals surface area contributed by atoms with Gasteiger partial charge in [0.2, 0.25) is 5.91 Å². The second-order valence-electron chi connectivity index (χ2n) is 5.79. The molecule has 0 radical (unpaired) electrons. The summed E-state index contributed by atoms with van der Waals surface area (Å²) < 4.78 is 13.8. The van der Waals surface area contributed by atoms with Crippen molar-refractivity contribution in [2.45, 2.75) is 50.2 Å². The maximum Gasteiger partial charge on any atom is 0.227 e. The molecule has 0 aliphatic carbocycles. The molecule has 0 spiro atoms. The summed E-state index contributed by atoms with van der Waals surface area (Å²) in [5, 5.41) is 0.319. The molecule has 2 bridgehead atoms. The van der Waals surface area contributed by atoms with E-state index in [1.165, 1.54) is 6.07 Å². The van der Waals surface area contributed by atoms with E-state index in [0.717, 1.165) is 25.7 Å². The van der Waals surface area contributed by atoms with Crippen molar-refractivity contribution in [1.29, 1.82) is 0 Å². The first-order chi connectivity index (χ1) is 9.56. The van der Waals surface area contributed by atoms with Crippen molar-refractivity contribution in [2.75, 3.05) is 0 Å². The monoisotopic (exact) mass is 296 g/mol. The van der Waals surface area contributed by atoms with Crippen molar-refractivity contribution in [2.24, 2.45) is 5.73 Å². The Kier molecular flexibility index (Phi) is 3.69. The predicted octanol–water partition coefficient (Wildman–Crippen LogP) is 2.50. The first-order valence-electron chi connectivity index (χ1n) is 7.06. The molecule has 0 aromatic heterocycles. The fraction of sp³-hybridized carbons (Fsp3) is 0.533. The van der Waals surface area contributed by atoms with Gasteiger partial charge < -0.3 is 10.6 Å².